The van der Waals surface area contributed by atoms with E-state index in [-0.39, 0.29) is 4.90 Å². The molecular weight excluding hydrogens is 294 g/mol. The lowest BCUT2D eigenvalue weighted by molar-refractivity contribution is 0.601. The van der Waals surface area contributed by atoms with Crippen LogP contribution in [0.1, 0.15) is 5.56 Å². The number of sulfonamides is 1. The van der Waals surface area contributed by atoms with Gasteiger partial charge in [0.05, 0.1) is 17.6 Å². The standard InChI is InChI=1S/C11H11N7O2S/c1-8-2-3-9(4-11(8)18-7-14-16-17-18)15-21(19,20)10-5-12-13-6-10/h2-7,15H,1H3,(H,12,13). The number of aryl methyl sites for hydroxylation is 1. The Kier molecular flexibility index (Phi) is 3.14. The normalized spacial score (nSPS) is 11.5. The van der Waals surface area contributed by atoms with Crippen molar-refractivity contribution in [2.75, 3.05) is 4.72 Å². The first-order chi connectivity index (χ1) is 10.1. The first-order valence-corrected chi connectivity index (χ1v) is 7.40. The summed E-state index contributed by atoms with van der Waals surface area (Å²) in [6, 6.07) is 5.11. The SMILES string of the molecule is Cc1ccc(NS(=O)(=O)c2cn[nH]c2)cc1-n1cnnn1. The molecule has 2 N–H and O–H groups in total. The Morgan fingerprint density at radius 3 is 2.86 bits per heavy atom. The summed E-state index contributed by atoms with van der Waals surface area (Å²) >= 11 is 0. The summed E-state index contributed by atoms with van der Waals surface area (Å²) in [5, 5.41) is 17.0. The van der Waals surface area contributed by atoms with Crippen LogP contribution >= 0.6 is 0 Å². The molecule has 2 heterocycles. The Labute approximate surface area is 120 Å². The first kappa shape index (κ1) is 13.2. The molecule has 0 unspecified atom stereocenters. The Bertz CT molecular complexity index is 841. The Hall–Kier alpha value is -2.75. The first-order valence-electron chi connectivity index (χ1n) is 5.92. The van der Waals surface area contributed by atoms with E-state index in [1.54, 1.807) is 18.2 Å². The maximum Gasteiger partial charge on any atom is 0.265 e. The fourth-order valence-electron chi connectivity index (χ4n) is 1.79. The number of hydrogen-bond donors (Lipinski definition) is 2. The van der Waals surface area contributed by atoms with Crippen molar-refractivity contribution >= 4 is 15.7 Å². The van der Waals surface area contributed by atoms with Gasteiger partial charge in [0, 0.05) is 6.20 Å². The van der Waals surface area contributed by atoms with Gasteiger partial charge in [-0.05, 0) is 35.0 Å². The van der Waals surface area contributed by atoms with Crippen LogP contribution in [0.3, 0.4) is 0 Å². The van der Waals surface area contributed by atoms with Gasteiger partial charge in [0.1, 0.15) is 11.2 Å². The molecule has 0 spiro atoms. The van der Waals surface area contributed by atoms with Gasteiger partial charge in [-0.3, -0.25) is 9.82 Å². The monoisotopic (exact) mass is 305 g/mol. The summed E-state index contributed by atoms with van der Waals surface area (Å²) in [6.07, 6.45) is 3.98. The summed E-state index contributed by atoms with van der Waals surface area (Å²) in [5.41, 5.74) is 2.01. The van der Waals surface area contributed by atoms with Crippen molar-refractivity contribution in [3.63, 3.8) is 0 Å². The lowest BCUT2D eigenvalue weighted by Crippen LogP contribution is -2.12. The van der Waals surface area contributed by atoms with Gasteiger partial charge < -0.3 is 0 Å². The predicted octanol–water partition coefficient (Wildman–Crippen LogP) is 0.495. The highest BCUT2D eigenvalue weighted by Crippen LogP contribution is 2.20. The molecule has 108 valence electrons. The van der Waals surface area contributed by atoms with Crippen LogP contribution in [-0.4, -0.2) is 38.8 Å². The van der Waals surface area contributed by atoms with E-state index in [0.29, 0.717) is 11.4 Å². The molecule has 0 saturated heterocycles. The van der Waals surface area contributed by atoms with Gasteiger partial charge in [0.2, 0.25) is 0 Å². The maximum atomic E-state index is 12.1. The van der Waals surface area contributed by atoms with Gasteiger partial charge in [0.15, 0.2) is 0 Å². The van der Waals surface area contributed by atoms with Crippen molar-refractivity contribution < 1.29 is 8.42 Å². The number of nitrogens with one attached hydrogen (secondary N) is 2. The van der Waals surface area contributed by atoms with Crippen molar-refractivity contribution in [3.8, 4) is 5.69 Å². The van der Waals surface area contributed by atoms with Crippen LogP contribution in [0.2, 0.25) is 0 Å². The van der Waals surface area contributed by atoms with E-state index < -0.39 is 10.0 Å². The van der Waals surface area contributed by atoms with E-state index >= 15 is 0 Å². The minimum atomic E-state index is -3.67. The van der Waals surface area contributed by atoms with E-state index in [2.05, 4.69) is 30.4 Å². The molecular formula is C11H11N7O2S. The van der Waals surface area contributed by atoms with E-state index in [1.165, 1.54) is 23.4 Å². The number of hydrogen-bond acceptors (Lipinski definition) is 6. The Morgan fingerprint density at radius 1 is 1.33 bits per heavy atom. The molecule has 10 heteroatoms. The van der Waals surface area contributed by atoms with Gasteiger partial charge in [-0.25, -0.2) is 13.1 Å². The van der Waals surface area contributed by atoms with Crippen molar-refractivity contribution in [1.29, 1.82) is 0 Å². The molecule has 0 amide bonds. The second kappa shape index (κ2) is 4.98. The predicted molar refractivity (Wildman–Crippen MR) is 73.3 cm³/mol. The van der Waals surface area contributed by atoms with Gasteiger partial charge in [-0.15, -0.1) is 5.10 Å². The zero-order chi connectivity index (χ0) is 14.9. The molecule has 21 heavy (non-hydrogen) atoms. The maximum absolute atomic E-state index is 12.1. The molecule has 2 aromatic heterocycles. The number of tetrazole rings is 1. The van der Waals surface area contributed by atoms with Crippen LogP contribution in [-0.2, 0) is 10.0 Å². The van der Waals surface area contributed by atoms with Crippen molar-refractivity contribution in [3.05, 3.63) is 42.5 Å². The third-order valence-electron chi connectivity index (χ3n) is 2.84. The lowest BCUT2D eigenvalue weighted by Gasteiger charge is -2.10. The zero-order valence-corrected chi connectivity index (χ0v) is 11.7. The molecule has 0 saturated carbocycles. The highest BCUT2D eigenvalue weighted by molar-refractivity contribution is 7.92. The van der Waals surface area contributed by atoms with Gasteiger partial charge >= 0.3 is 0 Å². The molecule has 0 aliphatic rings. The van der Waals surface area contributed by atoms with E-state index in [4.69, 9.17) is 0 Å². The summed E-state index contributed by atoms with van der Waals surface area (Å²) in [6.45, 7) is 1.88. The number of aromatic nitrogens is 6. The third-order valence-corrected chi connectivity index (χ3v) is 4.19. The summed E-state index contributed by atoms with van der Waals surface area (Å²) in [4.78, 5) is 0.0621. The molecule has 3 aromatic rings. The highest BCUT2D eigenvalue weighted by atomic mass is 32.2. The average molecular weight is 305 g/mol. The number of nitrogens with zero attached hydrogens (tertiary/aromatic N) is 5. The number of H-pyrrole nitrogens is 1. The molecule has 0 radical (unpaired) electrons. The second-order valence-electron chi connectivity index (χ2n) is 4.30. The van der Waals surface area contributed by atoms with Gasteiger partial charge in [-0.2, -0.15) is 5.10 Å². The van der Waals surface area contributed by atoms with Gasteiger partial charge in [-0.1, -0.05) is 6.07 Å². The average Bonchev–Trinajstić information content (AvgIpc) is 3.13. The van der Waals surface area contributed by atoms with Crippen molar-refractivity contribution in [2.24, 2.45) is 0 Å². The zero-order valence-electron chi connectivity index (χ0n) is 10.9. The van der Waals surface area contributed by atoms with E-state index in [9.17, 15) is 8.42 Å². The fourth-order valence-corrected chi connectivity index (χ4v) is 2.75. The minimum absolute atomic E-state index is 0.0621. The van der Waals surface area contributed by atoms with Gasteiger partial charge in [0.25, 0.3) is 10.0 Å². The van der Waals surface area contributed by atoms with Crippen LogP contribution < -0.4 is 4.72 Å². The van der Waals surface area contributed by atoms with Crippen molar-refractivity contribution in [1.82, 2.24) is 30.4 Å². The van der Waals surface area contributed by atoms with Crippen molar-refractivity contribution in [2.45, 2.75) is 11.8 Å². The second-order valence-corrected chi connectivity index (χ2v) is 5.98. The molecule has 0 fully saturated rings. The smallest absolute Gasteiger partial charge is 0.265 e. The molecule has 0 bridgehead atoms. The Morgan fingerprint density at radius 2 is 2.19 bits per heavy atom. The topological polar surface area (TPSA) is 118 Å². The summed E-state index contributed by atoms with van der Waals surface area (Å²) < 4.78 is 28.2. The molecule has 0 atom stereocenters. The number of anilines is 1. The molecule has 0 aliphatic carbocycles. The summed E-state index contributed by atoms with van der Waals surface area (Å²) in [5.74, 6) is 0. The molecule has 3 rings (SSSR count). The quantitative estimate of drug-likeness (QED) is 0.724. The number of rotatable bonds is 4. The van der Waals surface area contributed by atoms with Crippen LogP contribution in [0, 0.1) is 6.92 Å². The highest BCUT2D eigenvalue weighted by Gasteiger charge is 2.16. The Balaban J connectivity index is 1.96. The van der Waals surface area contributed by atoms with Crippen LogP contribution in [0.15, 0.2) is 41.8 Å². The lowest BCUT2D eigenvalue weighted by atomic mass is 10.2. The van der Waals surface area contributed by atoms with Crippen LogP contribution in [0.4, 0.5) is 5.69 Å². The summed E-state index contributed by atoms with van der Waals surface area (Å²) in [7, 11) is -3.67. The van der Waals surface area contributed by atoms with E-state index in [0.717, 1.165) is 5.56 Å². The molecule has 9 nitrogen and oxygen atoms in total. The fraction of sp³-hybridized carbons (Fsp3) is 0.0909. The third kappa shape index (κ3) is 2.60. The van der Waals surface area contributed by atoms with Crippen LogP contribution in [0.5, 0.6) is 0 Å². The number of aromatic amines is 1. The molecule has 0 aliphatic heterocycles. The minimum Gasteiger partial charge on any atom is -0.284 e. The van der Waals surface area contributed by atoms with Crippen LogP contribution in [0.25, 0.3) is 5.69 Å². The largest absolute Gasteiger partial charge is 0.284 e. The van der Waals surface area contributed by atoms with E-state index in [1.807, 2.05) is 6.92 Å². The molecule has 1 aromatic carbocycles. The number of benzene rings is 1.